The van der Waals surface area contributed by atoms with E-state index in [1.165, 1.54) is 0 Å². The number of halogens is 2. The molecule has 0 spiro atoms. The number of carbonyl (C=O) groups excluding carboxylic acids is 1. The lowest BCUT2D eigenvalue weighted by atomic mass is 10.0. The summed E-state index contributed by atoms with van der Waals surface area (Å²) in [6.07, 6.45) is 0. The van der Waals surface area contributed by atoms with Crippen molar-refractivity contribution < 1.29 is 14.3 Å². The van der Waals surface area contributed by atoms with Gasteiger partial charge in [0, 0.05) is 21.0 Å². The second kappa shape index (κ2) is 10.2. The van der Waals surface area contributed by atoms with E-state index in [1.54, 1.807) is 12.1 Å². The molecular formula is C30H24Cl2N4O3. The number of ether oxygens (including phenoxy) is 2. The van der Waals surface area contributed by atoms with Crippen molar-refractivity contribution in [3.05, 3.63) is 99.3 Å². The lowest BCUT2D eigenvalue weighted by molar-refractivity contribution is 0.102. The van der Waals surface area contributed by atoms with E-state index in [4.69, 9.17) is 37.7 Å². The van der Waals surface area contributed by atoms with Crippen molar-refractivity contribution in [3.63, 3.8) is 0 Å². The van der Waals surface area contributed by atoms with Crippen LogP contribution in [0.3, 0.4) is 0 Å². The Morgan fingerprint density at radius 2 is 1.77 bits per heavy atom. The van der Waals surface area contributed by atoms with Crippen molar-refractivity contribution in [2.75, 3.05) is 18.5 Å². The first-order chi connectivity index (χ1) is 18.9. The van der Waals surface area contributed by atoms with Crippen molar-refractivity contribution in [1.29, 1.82) is 0 Å². The van der Waals surface area contributed by atoms with Gasteiger partial charge in [0.2, 0.25) is 0 Å². The number of pyridine rings is 1. The Hall–Kier alpha value is -4.07. The molecule has 2 aromatic heterocycles. The first-order valence-electron chi connectivity index (χ1n) is 12.5. The number of fused-ring (bicyclic) bond motifs is 2. The maximum atomic E-state index is 13.8. The third-order valence-corrected chi connectivity index (χ3v) is 7.34. The molecule has 3 aromatic carbocycles. The highest BCUT2D eigenvalue weighted by Crippen LogP contribution is 2.35. The Bertz CT molecular complexity index is 1750. The molecular weight excluding hydrogens is 535 g/mol. The van der Waals surface area contributed by atoms with Crippen LogP contribution >= 0.6 is 23.2 Å². The molecule has 1 aliphatic rings. The van der Waals surface area contributed by atoms with E-state index in [0.29, 0.717) is 63.9 Å². The van der Waals surface area contributed by atoms with Crippen molar-refractivity contribution in [2.24, 2.45) is 0 Å². The zero-order valence-electron chi connectivity index (χ0n) is 21.3. The summed E-state index contributed by atoms with van der Waals surface area (Å²) in [4.78, 5) is 18.6. The zero-order chi connectivity index (χ0) is 27.1. The molecule has 0 saturated carbocycles. The fourth-order valence-electron chi connectivity index (χ4n) is 4.74. The molecule has 1 aliphatic heterocycles. The molecule has 1 N–H and O–H groups in total. The van der Waals surface area contributed by atoms with E-state index in [9.17, 15) is 4.79 Å². The molecule has 0 aliphatic carbocycles. The van der Waals surface area contributed by atoms with Crippen LogP contribution in [-0.4, -0.2) is 33.9 Å². The number of amides is 1. The standard InChI is InChI=1S/C30H24Cl2N4O3/c1-17-29(18(2)36(35-17)16-20-7-9-21(31)14-24(20)32)34-30(37)23-15-26(33-25-6-4-3-5-22(23)25)19-8-10-27-28(13-19)39-12-11-38-27/h3-10,13-15H,11-12,16H2,1-2H3,(H,34,37). The van der Waals surface area contributed by atoms with Crippen LogP contribution in [0, 0.1) is 13.8 Å². The van der Waals surface area contributed by atoms with Gasteiger partial charge < -0.3 is 14.8 Å². The fraction of sp³-hybridized carbons (Fsp3) is 0.167. The predicted molar refractivity (Wildman–Crippen MR) is 153 cm³/mol. The molecule has 3 heterocycles. The van der Waals surface area contributed by atoms with Crippen LogP contribution in [-0.2, 0) is 6.54 Å². The average molecular weight is 559 g/mol. The van der Waals surface area contributed by atoms with Crippen molar-refractivity contribution in [3.8, 4) is 22.8 Å². The molecule has 0 fully saturated rings. The first kappa shape index (κ1) is 25.2. The van der Waals surface area contributed by atoms with Crippen LogP contribution in [0.2, 0.25) is 10.0 Å². The van der Waals surface area contributed by atoms with Crippen LogP contribution in [0.4, 0.5) is 5.69 Å². The van der Waals surface area contributed by atoms with E-state index in [0.717, 1.165) is 27.7 Å². The van der Waals surface area contributed by atoms with Gasteiger partial charge in [0.25, 0.3) is 5.91 Å². The number of carbonyl (C=O) groups is 1. The van der Waals surface area contributed by atoms with E-state index in [-0.39, 0.29) is 5.91 Å². The number of hydrogen-bond acceptors (Lipinski definition) is 5. The van der Waals surface area contributed by atoms with Crippen LogP contribution in [0.15, 0.2) is 66.7 Å². The highest BCUT2D eigenvalue weighted by molar-refractivity contribution is 6.35. The first-order valence-corrected chi connectivity index (χ1v) is 13.2. The second-order valence-electron chi connectivity index (χ2n) is 9.32. The minimum Gasteiger partial charge on any atom is -0.486 e. The van der Waals surface area contributed by atoms with Gasteiger partial charge in [-0.2, -0.15) is 5.10 Å². The van der Waals surface area contributed by atoms with E-state index in [1.807, 2.05) is 73.1 Å². The van der Waals surface area contributed by atoms with Crippen LogP contribution in [0.25, 0.3) is 22.2 Å². The minimum atomic E-state index is -0.248. The summed E-state index contributed by atoms with van der Waals surface area (Å²) in [6, 6.07) is 20.5. The monoisotopic (exact) mass is 558 g/mol. The SMILES string of the molecule is Cc1nn(Cc2ccc(Cl)cc2Cl)c(C)c1NC(=O)c1cc(-c2ccc3c(c2)OCCO3)nc2ccccc12. The Morgan fingerprint density at radius 1 is 0.974 bits per heavy atom. The maximum absolute atomic E-state index is 13.8. The molecule has 9 heteroatoms. The molecule has 7 nitrogen and oxygen atoms in total. The van der Waals surface area contributed by atoms with Gasteiger partial charge in [-0.25, -0.2) is 4.98 Å². The van der Waals surface area contributed by atoms with E-state index < -0.39 is 0 Å². The summed E-state index contributed by atoms with van der Waals surface area (Å²) in [5, 5.41) is 9.65. The molecule has 5 aromatic rings. The number of aryl methyl sites for hydroxylation is 1. The van der Waals surface area contributed by atoms with Gasteiger partial charge in [0.05, 0.1) is 40.4 Å². The molecule has 1 amide bonds. The highest BCUT2D eigenvalue weighted by Gasteiger charge is 2.20. The van der Waals surface area contributed by atoms with Gasteiger partial charge in [-0.1, -0.05) is 47.5 Å². The quantitative estimate of drug-likeness (QED) is 0.249. The number of rotatable bonds is 5. The summed E-state index contributed by atoms with van der Waals surface area (Å²) in [5.41, 5.74) is 5.79. The summed E-state index contributed by atoms with van der Waals surface area (Å²) < 4.78 is 13.2. The predicted octanol–water partition coefficient (Wildman–Crippen LogP) is 7.09. The van der Waals surface area contributed by atoms with Gasteiger partial charge in [-0.3, -0.25) is 9.48 Å². The van der Waals surface area contributed by atoms with Crippen molar-refractivity contribution >= 4 is 45.7 Å². The van der Waals surface area contributed by atoms with Crippen LogP contribution in [0.1, 0.15) is 27.3 Å². The fourth-order valence-corrected chi connectivity index (χ4v) is 5.21. The summed E-state index contributed by atoms with van der Waals surface area (Å²) in [5.74, 6) is 1.12. The molecule has 39 heavy (non-hydrogen) atoms. The number of nitrogens with zero attached hydrogens (tertiary/aromatic N) is 3. The third kappa shape index (κ3) is 4.91. The molecule has 196 valence electrons. The molecule has 6 rings (SSSR count). The normalized spacial score (nSPS) is 12.5. The zero-order valence-corrected chi connectivity index (χ0v) is 22.8. The smallest absolute Gasteiger partial charge is 0.256 e. The molecule has 0 saturated heterocycles. The molecule has 0 unspecified atom stereocenters. The molecule has 0 radical (unpaired) electrons. The lowest BCUT2D eigenvalue weighted by Crippen LogP contribution is -2.15. The molecule has 0 atom stereocenters. The number of aromatic nitrogens is 3. The van der Waals surface area contributed by atoms with Gasteiger partial charge in [0.15, 0.2) is 11.5 Å². The number of hydrogen-bond donors (Lipinski definition) is 1. The summed E-state index contributed by atoms with van der Waals surface area (Å²) in [7, 11) is 0. The highest BCUT2D eigenvalue weighted by atomic mass is 35.5. The maximum Gasteiger partial charge on any atom is 0.256 e. The van der Waals surface area contributed by atoms with Crippen LogP contribution < -0.4 is 14.8 Å². The minimum absolute atomic E-state index is 0.248. The lowest BCUT2D eigenvalue weighted by Gasteiger charge is -2.19. The average Bonchev–Trinajstić information content (AvgIpc) is 3.20. The summed E-state index contributed by atoms with van der Waals surface area (Å²) in [6.45, 7) is 5.25. The Morgan fingerprint density at radius 3 is 2.59 bits per heavy atom. The Labute approximate surface area is 235 Å². The van der Waals surface area contributed by atoms with E-state index in [2.05, 4.69) is 10.4 Å². The number of nitrogens with one attached hydrogen (secondary N) is 1. The van der Waals surface area contributed by atoms with Crippen LogP contribution in [0.5, 0.6) is 11.5 Å². The van der Waals surface area contributed by atoms with E-state index >= 15 is 0 Å². The Kier molecular flexibility index (Phi) is 6.62. The van der Waals surface area contributed by atoms with Gasteiger partial charge in [-0.05, 0) is 61.9 Å². The Balaban J connectivity index is 1.35. The number of benzene rings is 3. The number of anilines is 1. The molecule has 0 bridgehead atoms. The topological polar surface area (TPSA) is 78.3 Å². The van der Waals surface area contributed by atoms with Crippen molar-refractivity contribution in [2.45, 2.75) is 20.4 Å². The van der Waals surface area contributed by atoms with Gasteiger partial charge >= 0.3 is 0 Å². The third-order valence-electron chi connectivity index (χ3n) is 6.75. The van der Waals surface area contributed by atoms with Gasteiger partial charge in [-0.15, -0.1) is 0 Å². The number of para-hydroxylation sites is 1. The van der Waals surface area contributed by atoms with Gasteiger partial charge in [0.1, 0.15) is 13.2 Å². The largest absolute Gasteiger partial charge is 0.486 e. The second-order valence-corrected chi connectivity index (χ2v) is 10.2. The summed E-state index contributed by atoms with van der Waals surface area (Å²) >= 11 is 12.4. The van der Waals surface area contributed by atoms with Crippen molar-refractivity contribution in [1.82, 2.24) is 14.8 Å².